The smallest absolute Gasteiger partial charge is 0.0319 e. The van der Waals surface area contributed by atoms with E-state index in [1.807, 2.05) is 0 Å². The van der Waals surface area contributed by atoms with Gasteiger partial charge < -0.3 is 15.3 Å². The molecule has 0 saturated heterocycles. The first kappa shape index (κ1) is 22.7. The molecule has 0 unspecified atom stereocenters. The maximum atomic E-state index is 7.00. The first-order chi connectivity index (χ1) is 7.79. The summed E-state index contributed by atoms with van der Waals surface area (Å²) in [7, 11) is 3.00. The van der Waals surface area contributed by atoms with Crippen LogP contribution in [0.3, 0.4) is 0 Å². The van der Waals surface area contributed by atoms with Crippen molar-refractivity contribution in [1.29, 1.82) is 0 Å². The summed E-state index contributed by atoms with van der Waals surface area (Å²) in [6.07, 6.45) is 6.36. The Balaban J connectivity index is -0.000000248. The Labute approximate surface area is 122 Å². The third kappa shape index (κ3) is 6.92. The predicted molar refractivity (Wildman–Crippen MR) is 66.9 cm³/mol. The van der Waals surface area contributed by atoms with Gasteiger partial charge in [-0.2, -0.15) is 0 Å². The van der Waals surface area contributed by atoms with Crippen molar-refractivity contribution in [2.75, 3.05) is 21.3 Å². The molecule has 2 aliphatic rings. The standard InChI is InChI=1S/C10H13.3CH4O.Ti/c1-7-6-8(2)10-5-3-4-9(7)10;3*1-2;/h6H,3-5H2,1-2H3;3*2H,1H3;. The average molecular weight is 277 g/mol. The second-order valence-electron chi connectivity index (χ2n) is 3.32. The zero-order valence-electron chi connectivity index (χ0n) is 11.5. The van der Waals surface area contributed by atoms with Crippen molar-refractivity contribution in [3.63, 3.8) is 0 Å². The van der Waals surface area contributed by atoms with Crippen LogP contribution in [0.2, 0.25) is 0 Å². The molecule has 0 amide bonds. The van der Waals surface area contributed by atoms with Gasteiger partial charge in [0.05, 0.1) is 0 Å². The molecule has 0 heterocycles. The first-order valence-corrected chi connectivity index (χ1v) is 5.38. The van der Waals surface area contributed by atoms with E-state index in [1.54, 1.807) is 11.8 Å². The number of hydrogen-bond acceptors (Lipinski definition) is 3. The van der Waals surface area contributed by atoms with Gasteiger partial charge in [0.1, 0.15) is 0 Å². The Morgan fingerprint density at radius 2 is 1.06 bits per heavy atom. The molecule has 0 aliphatic heterocycles. The molecular formula is C13H25O3Ti. The molecule has 0 aromatic heterocycles. The van der Waals surface area contributed by atoms with E-state index in [4.69, 9.17) is 15.3 Å². The molecule has 0 aromatic carbocycles. The Kier molecular flexibility index (Phi) is 19.6. The van der Waals surface area contributed by atoms with Crippen LogP contribution in [0.15, 0.2) is 0 Å². The largest absolute Gasteiger partial charge is 0.400 e. The van der Waals surface area contributed by atoms with E-state index in [1.165, 1.54) is 31.1 Å². The van der Waals surface area contributed by atoms with Gasteiger partial charge >= 0.3 is 0 Å². The second-order valence-corrected chi connectivity index (χ2v) is 3.32. The van der Waals surface area contributed by atoms with E-state index < -0.39 is 0 Å². The van der Waals surface area contributed by atoms with Crippen LogP contribution in [0.5, 0.6) is 0 Å². The molecule has 2 rings (SSSR count). The van der Waals surface area contributed by atoms with Crippen LogP contribution in [-0.4, -0.2) is 36.6 Å². The van der Waals surface area contributed by atoms with Crippen molar-refractivity contribution in [3.8, 4) is 0 Å². The summed E-state index contributed by atoms with van der Waals surface area (Å²) in [5.74, 6) is 6.34. The molecular weight excluding hydrogens is 252 g/mol. The number of fused-ring (bicyclic) bond motifs is 1. The molecule has 3 N–H and O–H groups in total. The molecule has 4 heteroatoms. The molecule has 0 bridgehead atoms. The summed E-state index contributed by atoms with van der Waals surface area (Å²) in [6, 6.07) is 0. The van der Waals surface area contributed by atoms with Gasteiger partial charge in [-0.25, -0.2) is 0 Å². The van der Waals surface area contributed by atoms with Gasteiger partial charge in [0.25, 0.3) is 0 Å². The van der Waals surface area contributed by atoms with E-state index in [-0.39, 0.29) is 21.7 Å². The van der Waals surface area contributed by atoms with Crippen LogP contribution in [0.4, 0.5) is 0 Å². The third-order valence-electron chi connectivity index (χ3n) is 2.60. The number of rotatable bonds is 0. The van der Waals surface area contributed by atoms with Crippen LogP contribution >= 0.6 is 0 Å². The third-order valence-corrected chi connectivity index (χ3v) is 2.60. The molecule has 2 fully saturated rings. The molecule has 0 spiro atoms. The normalized spacial score (nSPS) is 19.8. The Morgan fingerprint density at radius 1 is 0.765 bits per heavy atom. The molecule has 5 radical (unpaired) electrons. The molecule has 99 valence electrons. The van der Waals surface area contributed by atoms with Gasteiger partial charge in [-0.1, -0.05) is 20.3 Å². The summed E-state index contributed by atoms with van der Waals surface area (Å²) < 4.78 is 0. The van der Waals surface area contributed by atoms with E-state index in [9.17, 15) is 0 Å². The fourth-order valence-electron chi connectivity index (χ4n) is 2.11. The van der Waals surface area contributed by atoms with Crippen LogP contribution in [0.1, 0.15) is 33.1 Å². The van der Waals surface area contributed by atoms with Gasteiger partial charge in [0.15, 0.2) is 0 Å². The van der Waals surface area contributed by atoms with Crippen molar-refractivity contribution in [2.45, 2.75) is 33.1 Å². The Hall–Kier alpha value is 0.594. The Morgan fingerprint density at radius 3 is 1.35 bits per heavy atom. The quantitative estimate of drug-likeness (QED) is 0.589. The predicted octanol–water partition coefficient (Wildman–Crippen LogP) is 1.55. The minimum Gasteiger partial charge on any atom is -0.400 e. The van der Waals surface area contributed by atoms with Crippen molar-refractivity contribution in [3.05, 3.63) is 30.1 Å². The summed E-state index contributed by atoms with van der Waals surface area (Å²) >= 11 is 0. The summed E-state index contributed by atoms with van der Waals surface area (Å²) in [5, 5.41) is 21.0. The zero-order valence-corrected chi connectivity index (χ0v) is 13.1. The van der Waals surface area contributed by atoms with Gasteiger partial charge in [-0.15, -0.1) is 0 Å². The van der Waals surface area contributed by atoms with Crippen molar-refractivity contribution in [2.24, 2.45) is 0 Å². The average Bonchev–Trinajstić information content (AvgIpc) is 2.94. The topological polar surface area (TPSA) is 60.7 Å². The zero-order chi connectivity index (χ0) is 13.1. The Bertz CT molecular complexity index is 131. The minimum absolute atomic E-state index is 0. The number of aliphatic hydroxyl groups is 3. The number of aliphatic hydroxyl groups excluding tert-OH is 3. The SMILES string of the molecule is CO.CO.CO.C[C]1[CH][C](C)[C]2CCC[C]12.[Ti]. The molecule has 0 atom stereocenters. The van der Waals surface area contributed by atoms with Crippen LogP contribution in [0, 0.1) is 30.1 Å². The monoisotopic (exact) mass is 277 g/mol. The van der Waals surface area contributed by atoms with E-state index in [2.05, 4.69) is 20.3 Å². The van der Waals surface area contributed by atoms with Crippen molar-refractivity contribution in [1.82, 2.24) is 0 Å². The molecule has 0 aromatic rings. The van der Waals surface area contributed by atoms with Crippen LogP contribution < -0.4 is 0 Å². The van der Waals surface area contributed by atoms with E-state index >= 15 is 0 Å². The molecule has 2 aliphatic carbocycles. The maximum Gasteiger partial charge on any atom is 0.0319 e. The van der Waals surface area contributed by atoms with Crippen LogP contribution in [-0.2, 0) is 21.7 Å². The fraction of sp³-hybridized carbons (Fsp3) is 0.615. The second kappa shape index (κ2) is 14.7. The summed E-state index contributed by atoms with van der Waals surface area (Å²) in [5.41, 5.74) is 0. The maximum absolute atomic E-state index is 7.00. The van der Waals surface area contributed by atoms with Crippen molar-refractivity contribution < 1.29 is 37.0 Å². The van der Waals surface area contributed by atoms with Gasteiger partial charge in [0.2, 0.25) is 0 Å². The van der Waals surface area contributed by atoms with E-state index in [0.717, 1.165) is 21.3 Å². The van der Waals surface area contributed by atoms with Crippen molar-refractivity contribution >= 4 is 0 Å². The molecule has 2 saturated carbocycles. The molecule has 3 nitrogen and oxygen atoms in total. The van der Waals surface area contributed by atoms with Gasteiger partial charge in [-0.05, 0) is 42.9 Å². The van der Waals surface area contributed by atoms with Crippen LogP contribution in [0.25, 0.3) is 0 Å². The minimum atomic E-state index is 0. The summed E-state index contributed by atoms with van der Waals surface area (Å²) in [4.78, 5) is 0. The van der Waals surface area contributed by atoms with E-state index in [0.29, 0.717) is 0 Å². The van der Waals surface area contributed by atoms with Gasteiger partial charge in [0, 0.05) is 43.0 Å². The fourth-order valence-corrected chi connectivity index (χ4v) is 2.11. The van der Waals surface area contributed by atoms with Gasteiger partial charge in [-0.3, -0.25) is 0 Å². The molecule has 17 heavy (non-hydrogen) atoms. The summed E-state index contributed by atoms with van der Waals surface area (Å²) in [6.45, 7) is 4.47. The first-order valence-electron chi connectivity index (χ1n) is 5.38. The number of hydrogen-bond donors (Lipinski definition) is 3.